The number of hydrogen-bond donors (Lipinski definition) is 1. The molecule has 1 fully saturated rings. The van der Waals surface area contributed by atoms with E-state index in [2.05, 4.69) is 24.2 Å². The van der Waals surface area contributed by atoms with Crippen LogP contribution in [0.5, 0.6) is 0 Å². The maximum Gasteiger partial charge on any atom is 0.407 e. The van der Waals surface area contributed by atoms with Crippen molar-refractivity contribution in [3.05, 3.63) is 0 Å². The van der Waals surface area contributed by atoms with Crippen LogP contribution in [0, 0.1) is 5.92 Å². The minimum atomic E-state index is -0.420. The number of alkyl carbamates (subject to hydrolysis) is 1. The van der Waals surface area contributed by atoms with Crippen LogP contribution in [-0.2, 0) is 4.74 Å². The molecule has 1 heterocycles. The molecule has 1 aliphatic heterocycles. The van der Waals surface area contributed by atoms with Crippen molar-refractivity contribution in [2.24, 2.45) is 5.92 Å². The summed E-state index contributed by atoms with van der Waals surface area (Å²) in [5, 5.41) is 2.93. The fourth-order valence-electron chi connectivity index (χ4n) is 2.20. The van der Waals surface area contributed by atoms with E-state index >= 15 is 0 Å². The predicted octanol–water partition coefficient (Wildman–Crippen LogP) is 1.85. The second kappa shape index (κ2) is 5.04. The summed E-state index contributed by atoms with van der Waals surface area (Å²) in [4.78, 5) is 13.8. The van der Waals surface area contributed by atoms with Crippen LogP contribution in [0.25, 0.3) is 0 Å². The fourth-order valence-corrected chi connectivity index (χ4v) is 2.20. The third-order valence-corrected chi connectivity index (χ3v) is 2.56. The molecule has 1 aliphatic rings. The number of likely N-dealkylation sites (tertiary alicyclic amines) is 1. The van der Waals surface area contributed by atoms with Gasteiger partial charge in [-0.25, -0.2) is 4.79 Å². The van der Waals surface area contributed by atoms with Crippen LogP contribution in [0.4, 0.5) is 4.79 Å². The summed E-state index contributed by atoms with van der Waals surface area (Å²) in [5.41, 5.74) is -0.420. The van der Waals surface area contributed by atoms with Crippen molar-refractivity contribution < 1.29 is 9.53 Å². The smallest absolute Gasteiger partial charge is 0.407 e. The number of piperidine rings is 1. The van der Waals surface area contributed by atoms with Crippen LogP contribution in [0.15, 0.2) is 0 Å². The number of likely N-dealkylation sites (N-methyl/N-ethyl adjacent to an activating group) is 1. The standard InChI is InChI=1S/C12H24N2O2/c1-9-6-10(8-14(5)7-9)13-11(15)16-12(2,3)4/h9-10H,6-8H2,1-5H3,(H,13,15). The molecule has 1 saturated heterocycles. The lowest BCUT2D eigenvalue weighted by Crippen LogP contribution is -2.49. The first kappa shape index (κ1) is 13.3. The van der Waals surface area contributed by atoms with Crippen LogP contribution >= 0.6 is 0 Å². The van der Waals surface area contributed by atoms with E-state index in [1.54, 1.807) is 0 Å². The second-order valence-electron chi connectivity index (χ2n) is 5.91. The number of amides is 1. The highest BCUT2D eigenvalue weighted by Crippen LogP contribution is 2.15. The van der Waals surface area contributed by atoms with Crippen molar-refractivity contribution in [2.45, 2.75) is 45.8 Å². The Kier molecular flexibility index (Phi) is 4.19. The van der Waals surface area contributed by atoms with Gasteiger partial charge in [-0.1, -0.05) is 6.92 Å². The van der Waals surface area contributed by atoms with Crippen LogP contribution < -0.4 is 5.32 Å². The molecule has 1 rings (SSSR count). The molecule has 0 aromatic rings. The molecule has 0 spiro atoms. The van der Waals surface area contributed by atoms with E-state index in [4.69, 9.17) is 4.74 Å². The first-order chi connectivity index (χ1) is 7.26. The SMILES string of the molecule is CC1CC(NC(=O)OC(C)(C)C)CN(C)C1. The van der Waals surface area contributed by atoms with Crippen LogP contribution in [0.1, 0.15) is 34.1 Å². The summed E-state index contributed by atoms with van der Waals surface area (Å²) in [6, 6.07) is 0.212. The highest BCUT2D eigenvalue weighted by atomic mass is 16.6. The molecule has 0 aliphatic carbocycles. The van der Waals surface area contributed by atoms with Gasteiger partial charge >= 0.3 is 6.09 Å². The first-order valence-corrected chi connectivity index (χ1v) is 5.94. The van der Waals surface area contributed by atoms with E-state index in [9.17, 15) is 4.79 Å². The van der Waals surface area contributed by atoms with Crippen LogP contribution in [0.2, 0.25) is 0 Å². The molecule has 0 bridgehead atoms. The van der Waals surface area contributed by atoms with Gasteiger partial charge in [-0.05, 0) is 40.2 Å². The van der Waals surface area contributed by atoms with Crippen molar-refractivity contribution in [3.63, 3.8) is 0 Å². The van der Waals surface area contributed by atoms with Gasteiger partial charge < -0.3 is 15.0 Å². The number of carbonyl (C=O) groups excluding carboxylic acids is 1. The number of rotatable bonds is 1. The highest BCUT2D eigenvalue weighted by Gasteiger charge is 2.25. The number of nitrogens with zero attached hydrogens (tertiary/aromatic N) is 1. The lowest BCUT2D eigenvalue weighted by atomic mass is 9.96. The highest BCUT2D eigenvalue weighted by molar-refractivity contribution is 5.68. The van der Waals surface area contributed by atoms with E-state index in [-0.39, 0.29) is 12.1 Å². The first-order valence-electron chi connectivity index (χ1n) is 5.94. The van der Waals surface area contributed by atoms with Gasteiger partial charge in [-0.3, -0.25) is 0 Å². The molecule has 4 nitrogen and oxygen atoms in total. The molecule has 0 aromatic heterocycles. The summed E-state index contributed by atoms with van der Waals surface area (Å²) >= 11 is 0. The maximum atomic E-state index is 11.6. The number of carbonyl (C=O) groups is 1. The summed E-state index contributed by atoms with van der Waals surface area (Å²) in [7, 11) is 2.08. The Bertz CT molecular complexity index is 238. The van der Waals surface area contributed by atoms with E-state index in [1.807, 2.05) is 20.8 Å². The fraction of sp³-hybridized carbons (Fsp3) is 0.917. The van der Waals surface area contributed by atoms with Crippen LogP contribution in [-0.4, -0.2) is 42.8 Å². The van der Waals surface area contributed by atoms with Gasteiger partial charge in [-0.2, -0.15) is 0 Å². The average molecular weight is 228 g/mol. The van der Waals surface area contributed by atoms with Gasteiger partial charge in [0, 0.05) is 19.1 Å². The second-order valence-corrected chi connectivity index (χ2v) is 5.91. The molecule has 16 heavy (non-hydrogen) atoms. The maximum absolute atomic E-state index is 11.6. The molecule has 0 saturated carbocycles. The zero-order valence-electron chi connectivity index (χ0n) is 11.0. The third kappa shape index (κ3) is 4.84. The minimum Gasteiger partial charge on any atom is -0.444 e. The molecule has 0 aromatic carbocycles. The largest absolute Gasteiger partial charge is 0.444 e. The Morgan fingerprint density at radius 3 is 2.50 bits per heavy atom. The molecule has 2 unspecified atom stereocenters. The summed E-state index contributed by atoms with van der Waals surface area (Å²) in [6.45, 7) is 9.85. The Hall–Kier alpha value is -0.770. The van der Waals surface area contributed by atoms with Gasteiger partial charge in [0.15, 0.2) is 0 Å². The van der Waals surface area contributed by atoms with Gasteiger partial charge in [0.05, 0.1) is 0 Å². The van der Waals surface area contributed by atoms with Gasteiger partial charge in [-0.15, -0.1) is 0 Å². The Morgan fingerprint density at radius 2 is 2.00 bits per heavy atom. The van der Waals surface area contributed by atoms with Gasteiger partial charge in [0.2, 0.25) is 0 Å². The number of nitrogens with one attached hydrogen (secondary N) is 1. The average Bonchev–Trinajstić information content (AvgIpc) is 1.96. The minimum absolute atomic E-state index is 0.212. The zero-order valence-corrected chi connectivity index (χ0v) is 11.0. The quantitative estimate of drug-likeness (QED) is 0.744. The molecule has 2 atom stereocenters. The molecule has 94 valence electrons. The zero-order chi connectivity index (χ0) is 12.3. The normalized spacial score (nSPS) is 27.6. The Labute approximate surface area is 98.3 Å². The van der Waals surface area contributed by atoms with E-state index in [0.717, 1.165) is 19.5 Å². The van der Waals surface area contributed by atoms with Crippen molar-refractivity contribution >= 4 is 6.09 Å². The molecule has 0 radical (unpaired) electrons. The number of hydrogen-bond acceptors (Lipinski definition) is 3. The van der Waals surface area contributed by atoms with Gasteiger partial charge in [0.25, 0.3) is 0 Å². The topological polar surface area (TPSA) is 41.6 Å². The van der Waals surface area contributed by atoms with Gasteiger partial charge in [0.1, 0.15) is 5.60 Å². The van der Waals surface area contributed by atoms with E-state index < -0.39 is 5.60 Å². The van der Waals surface area contributed by atoms with E-state index in [0.29, 0.717) is 5.92 Å². The van der Waals surface area contributed by atoms with E-state index in [1.165, 1.54) is 0 Å². The molecular weight excluding hydrogens is 204 g/mol. The number of ether oxygens (including phenoxy) is 1. The summed E-state index contributed by atoms with van der Waals surface area (Å²) in [6.07, 6.45) is 0.726. The molecule has 1 amide bonds. The molecule has 4 heteroatoms. The van der Waals surface area contributed by atoms with Crippen molar-refractivity contribution in [1.29, 1.82) is 0 Å². The lowest BCUT2D eigenvalue weighted by Gasteiger charge is -2.34. The lowest BCUT2D eigenvalue weighted by molar-refractivity contribution is 0.0464. The van der Waals surface area contributed by atoms with Crippen molar-refractivity contribution in [3.8, 4) is 0 Å². The monoisotopic (exact) mass is 228 g/mol. The van der Waals surface area contributed by atoms with Crippen molar-refractivity contribution in [1.82, 2.24) is 10.2 Å². The summed E-state index contributed by atoms with van der Waals surface area (Å²) in [5.74, 6) is 0.624. The summed E-state index contributed by atoms with van der Waals surface area (Å²) < 4.78 is 5.24. The molecule has 1 N–H and O–H groups in total. The Morgan fingerprint density at radius 1 is 1.38 bits per heavy atom. The molecular formula is C12H24N2O2. The van der Waals surface area contributed by atoms with Crippen molar-refractivity contribution in [2.75, 3.05) is 20.1 Å². The predicted molar refractivity (Wildman–Crippen MR) is 64.4 cm³/mol. The third-order valence-electron chi connectivity index (χ3n) is 2.56. The Balaban J connectivity index is 2.39. The van der Waals surface area contributed by atoms with Crippen LogP contribution in [0.3, 0.4) is 0 Å².